The van der Waals surface area contributed by atoms with Gasteiger partial charge in [-0.1, -0.05) is 40.9 Å². The third kappa shape index (κ3) is 2.76. The molecule has 0 saturated carbocycles. The predicted octanol–water partition coefficient (Wildman–Crippen LogP) is 4.80. The highest BCUT2D eigenvalue weighted by Crippen LogP contribution is 2.38. The van der Waals surface area contributed by atoms with Gasteiger partial charge < -0.3 is 9.84 Å². The summed E-state index contributed by atoms with van der Waals surface area (Å²) in [6.07, 6.45) is -0.854. The van der Waals surface area contributed by atoms with Gasteiger partial charge in [0.1, 0.15) is 16.2 Å². The van der Waals surface area contributed by atoms with Crippen LogP contribution in [0.3, 0.4) is 0 Å². The van der Waals surface area contributed by atoms with Gasteiger partial charge in [-0.2, -0.15) is 0 Å². The Labute approximate surface area is 124 Å². The van der Waals surface area contributed by atoms with Crippen molar-refractivity contribution in [2.75, 3.05) is 7.11 Å². The van der Waals surface area contributed by atoms with Gasteiger partial charge in [0, 0.05) is 5.56 Å². The average molecular weight is 324 g/mol. The number of hydrogen-bond donors (Lipinski definition) is 1. The highest BCUT2D eigenvalue weighted by molar-refractivity contribution is 7.20. The van der Waals surface area contributed by atoms with Crippen LogP contribution in [0.15, 0.2) is 24.3 Å². The van der Waals surface area contributed by atoms with Gasteiger partial charge in [0.15, 0.2) is 0 Å². The zero-order chi connectivity index (χ0) is 13.3. The van der Waals surface area contributed by atoms with Crippen LogP contribution in [0, 0.1) is 0 Å². The highest BCUT2D eigenvalue weighted by atomic mass is 35.5. The Hall–Kier alpha value is -0.450. The summed E-state index contributed by atoms with van der Waals surface area (Å²) in [4.78, 5) is 0. The smallest absolute Gasteiger partial charge is 0.137 e. The Morgan fingerprint density at radius 2 is 1.94 bits per heavy atom. The molecule has 1 heterocycles. The van der Waals surface area contributed by atoms with E-state index in [0.29, 0.717) is 30.6 Å². The fourth-order valence-corrected chi connectivity index (χ4v) is 3.28. The summed E-state index contributed by atoms with van der Waals surface area (Å²) in [5.41, 5.74) is 1.23. The summed E-state index contributed by atoms with van der Waals surface area (Å²) >= 11 is 19.0. The van der Waals surface area contributed by atoms with Crippen LogP contribution < -0.4 is 4.74 Å². The minimum absolute atomic E-state index is 0.474. The number of aliphatic hydroxyl groups excluding tert-OH is 1. The number of aliphatic hydroxyl groups is 1. The number of ether oxygens (including phenoxy) is 1. The molecule has 1 aromatic heterocycles. The van der Waals surface area contributed by atoms with Crippen molar-refractivity contribution in [1.29, 1.82) is 0 Å². The van der Waals surface area contributed by atoms with Crippen molar-refractivity contribution < 1.29 is 9.84 Å². The van der Waals surface area contributed by atoms with Crippen LogP contribution in [-0.4, -0.2) is 12.2 Å². The monoisotopic (exact) mass is 322 g/mol. The first-order chi connectivity index (χ1) is 8.52. The summed E-state index contributed by atoms with van der Waals surface area (Å²) in [5, 5.41) is 10.8. The number of halogens is 3. The van der Waals surface area contributed by atoms with Crippen molar-refractivity contribution in [2.45, 2.75) is 6.10 Å². The molecule has 2 rings (SSSR count). The first-order valence-electron chi connectivity index (χ1n) is 4.99. The molecule has 0 aliphatic carbocycles. The van der Waals surface area contributed by atoms with E-state index in [1.807, 2.05) is 0 Å². The summed E-state index contributed by atoms with van der Waals surface area (Å²) in [6, 6.07) is 6.72. The Kier molecular flexibility index (Phi) is 4.41. The van der Waals surface area contributed by atoms with Crippen LogP contribution in [0.2, 0.25) is 13.7 Å². The lowest BCUT2D eigenvalue weighted by molar-refractivity contribution is 0.220. The van der Waals surface area contributed by atoms with Crippen molar-refractivity contribution in [3.63, 3.8) is 0 Å². The van der Waals surface area contributed by atoms with Gasteiger partial charge in [-0.3, -0.25) is 0 Å². The number of benzene rings is 1. The second-order valence-corrected chi connectivity index (χ2v) is 6.27. The maximum atomic E-state index is 10.3. The van der Waals surface area contributed by atoms with Crippen molar-refractivity contribution in [1.82, 2.24) is 0 Å². The molecule has 2 aromatic rings. The molecule has 96 valence electrons. The molecule has 1 atom stereocenters. The molecule has 0 saturated heterocycles. The van der Waals surface area contributed by atoms with Crippen LogP contribution >= 0.6 is 46.1 Å². The summed E-state index contributed by atoms with van der Waals surface area (Å²) in [6.45, 7) is 0. The molecule has 1 aromatic carbocycles. The first-order valence-corrected chi connectivity index (χ1v) is 6.94. The standard InChI is InChI=1S/C12H9Cl3O2S/c1-17-9-4-6(2-3-8(9)13)11(16)7-5-10(14)18-12(7)15/h2-5,11,16H,1H3. The fraction of sp³-hybridized carbons (Fsp3) is 0.167. The minimum atomic E-state index is -0.854. The Morgan fingerprint density at radius 3 is 2.50 bits per heavy atom. The largest absolute Gasteiger partial charge is 0.495 e. The molecule has 0 bridgehead atoms. The lowest BCUT2D eigenvalue weighted by Crippen LogP contribution is -1.99. The van der Waals surface area contributed by atoms with E-state index in [1.54, 1.807) is 24.3 Å². The van der Waals surface area contributed by atoms with Gasteiger partial charge in [-0.25, -0.2) is 0 Å². The summed E-state index contributed by atoms with van der Waals surface area (Å²) < 4.78 is 6.12. The van der Waals surface area contributed by atoms with Gasteiger partial charge in [-0.05, 0) is 23.8 Å². The van der Waals surface area contributed by atoms with Crippen LogP contribution in [0.5, 0.6) is 5.75 Å². The van der Waals surface area contributed by atoms with E-state index < -0.39 is 6.10 Å². The van der Waals surface area contributed by atoms with E-state index in [1.165, 1.54) is 18.4 Å². The van der Waals surface area contributed by atoms with Crippen molar-refractivity contribution in [2.24, 2.45) is 0 Å². The van der Waals surface area contributed by atoms with E-state index in [2.05, 4.69) is 0 Å². The van der Waals surface area contributed by atoms with Crippen molar-refractivity contribution >= 4 is 46.1 Å². The third-order valence-electron chi connectivity index (χ3n) is 2.47. The average Bonchev–Trinajstić information content (AvgIpc) is 2.68. The van der Waals surface area contributed by atoms with Gasteiger partial charge in [-0.15, -0.1) is 11.3 Å². The van der Waals surface area contributed by atoms with Crippen LogP contribution in [0.4, 0.5) is 0 Å². The second-order valence-electron chi connectivity index (χ2n) is 3.58. The Bertz CT molecular complexity index is 568. The van der Waals surface area contributed by atoms with E-state index in [0.717, 1.165) is 0 Å². The predicted molar refractivity (Wildman–Crippen MR) is 76.4 cm³/mol. The number of hydrogen-bond acceptors (Lipinski definition) is 3. The van der Waals surface area contributed by atoms with Crippen LogP contribution in [0.1, 0.15) is 17.2 Å². The zero-order valence-electron chi connectivity index (χ0n) is 9.28. The normalized spacial score (nSPS) is 12.5. The van der Waals surface area contributed by atoms with E-state index in [4.69, 9.17) is 39.5 Å². The lowest BCUT2D eigenvalue weighted by atomic mass is 10.0. The van der Waals surface area contributed by atoms with Gasteiger partial charge in [0.2, 0.25) is 0 Å². The molecule has 2 nitrogen and oxygen atoms in total. The maximum Gasteiger partial charge on any atom is 0.137 e. The van der Waals surface area contributed by atoms with E-state index in [-0.39, 0.29) is 0 Å². The van der Waals surface area contributed by atoms with Crippen molar-refractivity contribution in [3.05, 3.63) is 49.1 Å². The maximum absolute atomic E-state index is 10.3. The lowest BCUT2D eigenvalue weighted by Gasteiger charge is -2.12. The zero-order valence-corrected chi connectivity index (χ0v) is 12.4. The van der Waals surface area contributed by atoms with Gasteiger partial charge in [0.05, 0.1) is 16.5 Å². The second kappa shape index (κ2) is 5.68. The Morgan fingerprint density at radius 1 is 1.22 bits per heavy atom. The molecule has 1 N–H and O–H groups in total. The first kappa shape index (κ1) is 14.0. The molecular weight excluding hydrogens is 315 g/mol. The van der Waals surface area contributed by atoms with Crippen LogP contribution in [0.25, 0.3) is 0 Å². The molecule has 0 aliphatic rings. The van der Waals surface area contributed by atoms with Gasteiger partial charge in [0.25, 0.3) is 0 Å². The number of thiophene rings is 1. The topological polar surface area (TPSA) is 29.5 Å². The van der Waals surface area contributed by atoms with Gasteiger partial charge >= 0.3 is 0 Å². The molecule has 6 heteroatoms. The van der Waals surface area contributed by atoms with E-state index in [9.17, 15) is 5.11 Å². The molecule has 18 heavy (non-hydrogen) atoms. The highest BCUT2D eigenvalue weighted by Gasteiger charge is 2.18. The molecular formula is C12H9Cl3O2S. The summed E-state index contributed by atoms with van der Waals surface area (Å²) in [5.74, 6) is 0.505. The number of methoxy groups -OCH3 is 1. The SMILES string of the molecule is COc1cc(C(O)c2cc(Cl)sc2Cl)ccc1Cl. The summed E-state index contributed by atoms with van der Waals surface area (Å²) in [7, 11) is 1.52. The van der Waals surface area contributed by atoms with Crippen molar-refractivity contribution in [3.8, 4) is 5.75 Å². The molecule has 0 amide bonds. The molecule has 0 spiro atoms. The van der Waals surface area contributed by atoms with Crippen LogP contribution in [-0.2, 0) is 0 Å². The minimum Gasteiger partial charge on any atom is -0.495 e. The Balaban J connectivity index is 2.39. The molecule has 1 unspecified atom stereocenters. The quantitative estimate of drug-likeness (QED) is 0.879. The van der Waals surface area contributed by atoms with E-state index >= 15 is 0 Å². The number of rotatable bonds is 3. The molecule has 0 fully saturated rings. The fourth-order valence-electron chi connectivity index (χ4n) is 1.57. The molecule has 0 radical (unpaired) electrons. The molecule has 0 aliphatic heterocycles. The third-order valence-corrected chi connectivity index (χ3v) is 4.30.